The van der Waals surface area contributed by atoms with Gasteiger partial charge in [0, 0.05) is 68.3 Å². The fraction of sp³-hybridized carbons (Fsp3) is 0.438. The van der Waals surface area contributed by atoms with Gasteiger partial charge in [0.25, 0.3) is 0 Å². The number of benzene rings is 4. The third kappa shape index (κ3) is 11.2. The molecule has 4 aromatic carbocycles. The van der Waals surface area contributed by atoms with E-state index in [0.29, 0.717) is 0 Å². The Bertz CT molecular complexity index is 1810. The molecule has 4 aromatic rings. The van der Waals surface area contributed by atoms with Gasteiger partial charge in [0.15, 0.2) is 0 Å². The molecule has 6 nitrogen and oxygen atoms in total. The predicted octanol–water partition coefficient (Wildman–Crippen LogP) is 9.95. The van der Waals surface area contributed by atoms with Gasteiger partial charge in [-0.25, -0.2) is 0 Å². The van der Waals surface area contributed by atoms with Crippen molar-refractivity contribution in [1.82, 2.24) is 0 Å². The summed E-state index contributed by atoms with van der Waals surface area (Å²) in [6.07, 6.45) is 7.81. The van der Waals surface area contributed by atoms with Crippen LogP contribution >= 0.6 is 0 Å². The summed E-state index contributed by atoms with van der Waals surface area (Å²) in [5.41, 5.74) is 6.92. The summed E-state index contributed by atoms with van der Waals surface area (Å²) in [5.74, 6) is -0.520. The van der Waals surface area contributed by atoms with Crippen LogP contribution < -0.4 is 5.11 Å². The Morgan fingerprint density at radius 1 is 0.600 bits per heavy atom. The van der Waals surface area contributed by atoms with Gasteiger partial charge in [0.05, 0.1) is 12.1 Å². The minimum atomic E-state index is -1.08. The van der Waals surface area contributed by atoms with E-state index in [4.69, 9.17) is 19.9 Å². The first-order valence-corrected chi connectivity index (χ1v) is 19.2. The number of rotatable bonds is 8. The van der Waals surface area contributed by atoms with E-state index in [1.807, 2.05) is 24.6 Å². The maximum absolute atomic E-state index is 11.8. The first-order chi connectivity index (χ1) is 25.1. The van der Waals surface area contributed by atoms with Crippen molar-refractivity contribution in [2.24, 2.45) is 9.98 Å². The van der Waals surface area contributed by atoms with Crippen molar-refractivity contribution in [2.45, 2.75) is 136 Å². The molecule has 0 spiro atoms. The Kier molecular flexibility index (Phi) is 14.9. The van der Waals surface area contributed by atoms with Crippen molar-refractivity contribution in [3.05, 3.63) is 129 Å². The zero-order valence-corrected chi connectivity index (χ0v) is 35.7. The largest absolute Gasteiger partial charge is 0.550 e. The van der Waals surface area contributed by atoms with Gasteiger partial charge >= 0.3 is 0 Å². The Balaban J connectivity index is 0.00000155. The van der Waals surface area contributed by atoms with E-state index in [9.17, 15) is 10.2 Å². The Morgan fingerprint density at radius 3 is 1.20 bits per heavy atom. The van der Waals surface area contributed by atoms with Crippen molar-refractivity contribution in [3.63, 3.8) is 0 Å². The zero-order valence-electron chi connectivity index (χ0n) is 34.7. The summed E-state index contributed by atoms with van der Waals surface area (Å²) in [5, 5.41) is 32.4. The second kappa shape index (κ2) is 18.2. The first-order valence-electron chi connectivity index (χ1n) is 19.2. The Hall–Kier alpha value is -4.20. The van der Waals surface area contributed by atoms with Crippen LogP contribution in [0.15, 0.2) is 94.9 Å². The number of hydrogen-bond donors (Lipinski definition) is 2. The van der Waals surface area contributed by atoms with Crippen LogP contribution in [0.2, 0.25) is 0 Å². The van der Waals surface area contributed by atoms with Crippen molar-refractivity contribution in [1.29, 1.82) is 0 Å². The molecule has 1 saturated carbocycles. The van der Waals surface area contributed by atoms with Crippen LogP contribution in [0, 0.1) is 0 Å². The van der Waals surface area contributed by atoms with Crippen molar-refractivity contribution in [3.8, 4) is 11.5 Å². The van der Waals surface area contributed by atoms with E-state index in [-0.39, 0.29) is 51.2 Å². The number of aliphatic carboxylic acids is 1. The maximum atomic E-state index is 11.8. The van der Waals surface area contributed by atoms with Gasteiger partial charge in [-0.2, -0.15) is 0 Å². The van der Waals surface area contributed by atoms with Crippen LogP contribution in [0.25, 0.3) is 0 Å². The van der Waals surface area contributed by atoms with Crippen LogP contribution in [0.5, 0.6) is 11.5 Å². The third-order valence-electron chi connectivity index (χ3n) is 10.9. The number of carboxylic acids is 1. The third-order valence-corrected chi connectivity index (χ3v) is 10.9. The molecule has 0 bridgehead atoms. The number of carbonyl (C=O) groups is 1. The van der Waals surface area contributed by atoms with Gasteiger partial charge in [-0.3, -0.25) is 9.98 Å². The molecular formula is C48H61CoN2O4-. The van der Waals surface area contributed by atoms with Gasteiger partial charge in [-0.05, 0) is 65.0 Å². The minimum absolute atomic E-state index is 0. The first kappa shape index (κ1) is 45.2. The second-order valence-electron chi connectivity index (χ2n) is 17.9. The number of nitrogens with zero attached hydrogens (tertiary/aromatic N) is 2. The molecule has 1 aliphatic rings. The second-order valence-corrected chi connectivity index (χ2v) is 17.9. The number of aliphatic imine (C=N–C) groups is 2. The summed E-state index contributed by atoms with van der Waals surface area (Å²) in [4.78, 5) is 19.2. The summed E-state index contributed by atoms with van der Waals surface area (Å²) >= 11 is 0. The fourth-order valence-electron chi connectivity index (χ4n) is 7.14. The number of carboxylic acid groups (broad SMARTS) is 1. The molecule has 7 heteroatoms. The monoisotopic (exact) mass is 788 g/mol. The van der Waals surface area contributed by atoms with Crippen LogP contribution in [0.3, 0.4) is 0 Å². The molecule has 1 fully saturated rings. The molecule has 0 amide bonds. The molecule has 297 valence electrons. The summed E-state index contributed by atoms with van der Waals surface area (Å²) in [7, 11) is 0. The van der Waals surface area contributed by atoms with Crippen molar-refractivity contribution < 1.29 is 36.9 Å². The molecule has 5 rings (SSSR count). The average Bonchev–Trinajstić information content (AvgIpc) is 3.10. The summed E-state index contributed by atoms with van der Waals surface area (Å²) in [6, 6.07) is 29.3. The van der Waals surface area contributed by atoms with Crippen LogP contribution in [-0.4, -0.2) is 40.7 Å². The molecule has 2 unspecified atom stereocenters. The van der Waals surface area contributed by atoms with Crippen LogP contribution in [0.4, 0.5) is 0 Å². The van der Waals surface area contributed by atoms with E-state index in [1.165, 1.54) is 0 Å². The molecule has 0 saturated heterocycles. The molecular weight excluding hydrogens is 727 g/mol. The predicted molar refractivity (Wildman–Crippen MR) is 223 cm³/mol. The van der Waals surface area contributed by atoms with E-state index >= 15 is 0 Å². The van der Waals surface area contributed by atoms with Gasteiger partial charge < -0.3 is 20.1 Å². The SMILES string of the molecule is CC(=O)[O-].CC(C)(C)c1cc(C=NC2CCCCC2N=Cc2cc(C(C)(C)C)cc(C(C)(C)c3ccccc3)c2O)c(O)c(C(C)(C)c2ccccc2)c1.[Co]. The number of phenols is 2. The number of hydrogen-bond acceptors (Lipinski definition) is 6. The Labute approximate surface area is 340 Å². The normalized spacial score (nSPS) is 16.7. The van der Waals surface area contributed by atoms with E-state index < -0.39 is 16.8 Å². The Morgan fingerprint density at radius 2 is 0.909 bits per heavy atom. The standard InChI is InChI=1S/C46H58N2O2.C2H4O2.Co/c1-43(2,3)35-25-31(41(49)37(27-35)45(7,8)33-19-13-11-14-20-33)29-47-39-23-17-18-24-40(39)48-30-32-26-36(44(4,5)6)28-38(42(32)50)46(9,10)34-21-15-12-16-22-34;1-2(3)4;/h11-16,19-22,25-30,39-40,49-50H,17-18,23-24H2,1-10H3;1H3,(H,3,4);/p-1. The van der Waals surface area contributed by atoms with E-state index in [2.05, 4.69) is 142 Å². The van der Waals surface area contributed by atoms with Crippen molar-refractivity contribution >= 4 is 18.4 Å². The molecule has 1 aliphatic carbocycles. The van der Waals surface area contributed by atoms with Crippen LogP contribution in [-0.2, 0) is 43.2 Å². The summed E-state index contributed by atoms with van der Waals surface area (Å²) < 4.78 is 0. The topological polar surface area (TPSA) is 105 Å². The van der Waals surface area contributed by atoms with Gasteiger partial charge in [-0.15, -0.1) is 0 Å². The fourth-order valence-corrected chi connectivity index (χ4v) is 7.14. The smallest absolute Gasteiger partial charge is 0.128 e. The van der Waals surface area contributed by atoms with Crippen molar-refractivity contribution in [2.75, 3.05) is 0 Å². The summed E-state index contributed by atoms with van der Waals surface area (Å²) in [6.45, 7) is 22.9. The molecule has 1 radical (unpaired) electrons. The average molecular weight is 789 g/mol. The molecule has 0 aromatic heterocycles. The quantitative estimate of drug-likeness (QED) is 0.174. The van der Waals surface area contributed by atoms with Gasteiger partial charge in [0.1, 0.15) is 11.5 Å². The number of aromatic hydroxyl groups is 2. The van der Waals surface area contributed by atoms with E-state index in [1.54, 1.807) is 0 Å². The van der Waals surface area contributed by atoms with Gasteiger partial charge in [0.2, 0.25) is 0 Å². The molecule has 55 heavy (non-hydrogen) atoms. The maximum Gasteiger partial charge on any atom is 0.128 e. The number of phenolic OH excluding ortho intramolecular Hbond substituents is 2. The molecule has 0 heterocycles. The number of carbonyl (C=O) groups excluding carboxylic acids is 1. The molecule has 2 N–H and O–H groups in total. The van der Waals surface area contributed by atoms with E-state index in [0.717, 1.165) is 77.1 Å². The molecule has 2 atom stereocenters. The van der Waals surface area contributed by atoms with Crippen LogP contribution in [0.1, 0.15) is 146 Å². The molecule has 0 aliphatic heterocycles. The minimum Gasteiger partial charge on any atom is -0.550 e. The zero-order chi connectivity index (χ0) is 40.1. The van der Waals surface area contributed by atoms with Gasteiger partial charge in [-0.1, -0.05) is 155 Å².